The smallest absolute Gasteiger partial charge is 0.254 e. The molecule has 0 N–H and O–H groups in total. The molecule has 0 aromatic heterocycles. The SMILES string of the molecule is CCN(CC)C(=O)CN(C)C(=O)c1ccc(C)cc1C. The number of aryl methyl sites for hydroxylation is 2. The molecular weight excluding hydrogens is 252 g/mol. The highest BCUT2D eigenvalue weighted by molar-refractivity contribution is 5.97. The summed E-state index contributed by atoms with van der Waals surface area (Å²) >= 11 is 0. The van der Waals surface area contributed by atoms with Crippen LogP contribution in [0.25, 0.3) is 0 Å². The maximum atomic E-state index is 12.4. The maximum absolute atomic E-state index is 12.4. The van der Waals surface area contributed by atoms with Crippen LogP contribution in [0.5, 0.6) is 0 Å². The molecule has 0 aliphatic heterocycles. The van der Waals surface area contributed by atoms with Crippen LogP contribution in [0, 0.1) is 13.8 Å². The summed E-state index contributed by atoms with van der Waals surface area (Å²) in [6.07, 6.45) is 0. The Morgan fingerprint density at radius 2 is 1.70 bits per heavy atom. The van der Waals surface area contributed by atoms with Crippen LogP contribution in [-0.2, 0) is 4.79 Å². The van der Waals surface area contributed by atoms with E-state index in [9.17, 15) is 9.59 Å². The number of carbonyl (C=O) groups is 2. The highest BCUT2D eigenvalue weighted by atomic mass is 16.2. The quantitative estimate of drug-likeness (QED) is 0.827. The van der Waals surface area contributed by atoms with Crippen LogP contribution in [-0.4, -0.2) is 48.3 Å². The van der Waals surface area contributed by atoms with Gasteiger partial charge in [-0.05, 0) is 39.3 Å². The van der Waals surface area contributed by atoms with E-state index in [1.165, 1.54) is 4.90 Å². The molecule has 0 aliphatic carbocycles. The number of benzene rings is 1. The Kier molecular flexibility index (Phi) is 5.74. The number of rotatable bonds is 5. The van der Waals surface area contributed by atoms with Gasteiger partial charge in [0.05, 0.1) is 6.54 Å². The molecule has 1 rings (SSSR count). The second-order valence-electron chi connectivity index (χ2n) is 5.05. The van der Waals surface area contributed by atoms with E-state index in [1.807, 2.05) is 45.9 Å². The van der Waals surface area contributed by atoms with Gasteiger partial charge in [-0.3, -0.25) is 9.59 Å². The Labute approximate surface area is 121 Å². The average molecular weight is 276 g/mol. The van der Waals surface area contributed by atoms with E-state index in [2.05, 4.69) is 0 Å². The average Bonchev–Trinajstić information content (AvgIpc) is 2.39. The Morgan fingerprint density at radius 1 is 1.10 bits per heavy atom. The van der Waals surface area contributed by atoms with Gasteiger partial charge >= 0.3 is 0 Å². The standard InChI is InChI=1S/C16H24N2O2/c1-6-18(7-2)15(19)11-17(5)16(20)14-9-8-12(3)10-13(14)4/h8-10H,6-7,11H2,1-5H3. The molecule has 4 nitrogen and oxygen atoms in total. The molecule has 2 amide bonds. The Morgan fingerprint density at radius 3 is 2.20 bits per heavy atom. The van der Waals surface area contributed by atoms with Gasteiger partial charge in [0.1, 0.15) is 0 Å². The van der Waals surface area contributed by atoms with Gasteiger partial charge in [-0.15, -0.1) is 0 Å². The lowest BCUT2D eigenvalue weighted by Crippen LogP contribution is -2.41. The normalized spacial score (nSPS) is 10.2. The zero-order valence-electron chi connectivity index (χ0n) is 13.1. The summed E-state index contributed by atoms with van der Waals surface area (Å²) in [5.41, 5.74) is 2.73. The summed E-state index contributed by atoms with van der Waals surface area (Å²) in [6, 6.07) is 5.72. The van der Waals surface area contributed by atoms with Crippen molar-refractivity contribution in [3.8, 4) is 0 Å². The fourth-order valence-corrected chi connectivity index (χ4v) is 2.21. The first-order valence-corrected chi connectivity index (χ1v) is 7.01. The minimum absolute atomic E-state index is 0.0179. The summed E-state index contributed by atoms with van der Waals surface area (Å²) in [7, 11) is 1.67. The van der Waals surface area contributed by atoms with Crippen LogP contribution >= 0.6 is 0 Å². The van der Waals surface area contributed by atoms with Crippen LogP contribution in [0.4, 0.5) is 0 Å². The number of hydrogen-bond donors (Lipinski definition) is 0. The van der Waals surface area contributed by atoms with Crippen molar-refractivity contribution in [2.75, 3.05) is 26.7 Å². The number of likely N-dealkylation sites (N-methyl/N-ethyl adjacent to an activating group) is 2. The van der Waals surface area contributed by atoms with Crippen molar-refractivity contribution in [2.45, 2.75) is 27.7 Å². The van der Waals surface area contributed by atoms with Crippen molar-refractivity contribution >= 4 is 11.8 Å². The maximum Gasteiger partial charge on any atom is 0.254 e. The topological polar surface area (TPSA) is 40.6 Å². The minimum Gasteiger partial charge on any atom is -0.342 e. The summed E-state index contributed by atoms with van der Waals surface area (Å²) in [6.45, 7) is 9.24. The summed E-state index contributed by atoms with van der Waals surface area (Å²) in [5, 5.41) is 0. The third-order valence-corrected chi connectivity index (χ3v) is 3.45. The van der Waals surface area contributed by atoms with E-state index >= 15 is 0 Å². The Bertz CT molecular complexity index is 493. The van der Waals surface area contributed by atoms with E-state index in [0.29, 0.717) is 18.7 Å². The number of nitrogens with zero attached hydrogens (tertiary/aromatic N) is 2. The van der Waals surface area contributed by atoms with E-state index in [0.717, 1.165) is 11.1 Å². The fourth-order valence-electron chi connectivity index (χ4n) is 2.21. The van der Waals surface area contributed by atoms with E-state index < -0.39 is 0 Å². The summed E-state index contributed by atoms with van der Waals surface area (Å²) < 4.78 is 0. The van der Waals surface area contributed by atoms with Gasteiger partial charge in [0.2, 0.25) is 5.91 Å². The molecule has 0 heterocycles. The molecule has 0 saturated carbocycles. The van der Waals surface area contributed by atoms with E-state index in [4.69, 9.17) is 0 Å². The fraction of sp³-hybridized carbons (Fsp3) is 0.500. The Hall–Kier alpha value is -1.84. The lowest BCUT2D eigenvalue weighted by molar-refractivity contribution is -0.131. The van der Waals surface area contributed by atoms with Gasteiger partial charge < -0.3 is 9.80 Å². The molecule has 0 bridgehead atoms. The van der Waals surface area contributed by atoms with E-state index in [-0.39, 0.29) is 18.4 Å². The van der Waals surface area contributed by atoms with Crippen molar-refractivity contribution in [1.29, 1.82) is 0 Å². The van der Waals surface area contributed by atoms with Crippen molar-refractivity contribution < 1.29 is 9.59 Å². The second-order valence-corrected chi connectivity index (χ2v) is 5.05. The first kappa shape index (κ1) is 16.2. The zero-order valence-corrected chi connectivity index (χ0v) is 13.1. The molecule has 1 aromatic carbocycles. The van der Waals surface area contributed by atoms with Crippen LogP contribution < -0.4 is 0 Å². The number of hydrogen-bond acceptors (Lipinski definition) is 2. The van der Waals surface area contributed by atoms with Crippen LogP contribution in [0.3, 0.4) is 0 Å². The largest absolute Gasteiger partial charge is 0.342 e. The first-order chi connectivity index (χ1) is 9.40. The monoisotopic (exact) mass is 276 g/mol. The molecule has 4 heteroatoms. The predicted octanol–water partition coefficient (Wildman–Crippen LogP) is 2.24. The van der Waals surface area contributed by atoms with Gasteiger partial charge in [-0.1, -0.05) is 17.7 Å². The Balaban J connectivity index is 2.79. The minimum atomic E-state index is -0.108. The molecule has 20 heavy (non-hydrogen) atoms. The number of carbonyl (C=O) groups excluding carboxylic acids is 2. The predicted molar refractivity (Wildman–Crippen MR) is 80.8 cm³/mol. The molecule has 0 aliphatic rings. The zero-order chi connectivity index (χ0) is 15.3. The van der Waals surface area contributed by atoms with E-state index in [1.54, 1.807) is 11.9 Å². The van der Waals surface area contributed by atoms with Gasteiger partial charge in [-0.25, -0.2) is 0 Å². The van der Waals surface area contributed by atoms with Crippen molar-refractivity contribution in [3.05, 3.63) is 34.9 Å². The molecule has 0 atom stereocenters. The van der Waals surface area contributed by atoms with Crippen LogP contribution in [0.15, 0.2) is 18.2 Å². The molecule has 0 fully saturated rings. The van der Waals surface area contributed by atoms with Crippen LogP contribution in [0.2, 0.25) is 0 Å². The highest BCUT2D eigenvalue weighted by Crippen LogP contribution is 2.12. The molecular formula is C16H24N2O2. The van der Waals surface area contributed by atoms with Gasteiger partial charge in [-0.2, -0.15) is 0 Å². The third kappa shape index (κ3) is 3.83. The molecule has 110 valence electrons. The molecule has 1 aromatic rings. The van der Waals surface area contributed by atoms with Crippen LogP contribution in [0.1, 0.15) is 35.3 Å². The lowest BCUT2D eigenvalue weighted by Gasteiger charge is -2.23. The van der Waals surface area contributed by atoms with Gasteiger partial charge in [0.25, 0.3) is 5.91 Å². The highest BCUT2D eigenvalue weighted by Gasteiger charge is 2.18. The van der Waals surface area contributed by atoms with Crippen molar-refractivity contribution in [1.82, 2.24) is 9.80 Å². The van der Waals surface area contributed by atoms with Gasteiger partial charge in [0, 0.05) is 25.7 Å². The third-order valence-electron chi connectivity index (χ3n) is 3.45. The summed E-state index contributed by atoms with van der Waals surface area (Å²) in [5.74, 6) is -0.126. The van der Waals surface area contributed by atoms with Crippen molar-refractivity contribution in [2.24, 2.45) is 0 Å². The van der Waals surface area contributed by atoms with Crippen molar-refractivity contribution in [3.63, 3.8) is 0 Å². The molecule has 0 saturated heterocycles. The summed E-state index contributed by atoms with van der Waals surface area (Å²) in [4.78, 5) is 27.6. The molecule has 0 radical (unpaired) electrons. The van der Waals surface area contributed by atoms with Gasteiger partial charge in [0.15, 0.2) is 0 Å². The molecule has 0 unspecified atom stereocenters. The second kappa shape index (κ2) is 7.08. The molecule has 0 spiro atoms. The number of amides is 2. The first-order valence-electron chi connectivity index (χ1n) is 7.01. The lowest BCUT2D eigenvalue weighted by atomic mass is 10.0.